The van der Waals surface area contributed by atoms with Crippen LogP contribution >= 0.6 is 0 Å². The molecule has 1 rings (SSSR count). The van der Waals surface area contributed by atoms with Crippen molar-refractivity contribution in [3.05, 3.63) is 35.9 Å². The minimum atomic E-state index is -1.05. The molecule has 0 saturated carbocycles. The molecule has 0 aliphatic carbocycles. The second-order valence-corrected chi connectivity index (χ2v) is 3.41. The van der Waals surface area contributed by atoms with Gasteiger partial charge >= 0.3 is 5.97 Å². The van der Waals surface area contributed by atoms with E-state index in [0.717, 1.165) is 5.57 Å². The monoisotopic (exact) mass is 222 g/mol. The van der Waals surface area contributed by atoms with Gasteiger partial charge in [0.15, 0.2) is 0 Å². The van der Waals surface area contributed by atoms with Crippen LogP contribution in [0.3, 0.4) is 0 Å². The second-order valence-electron chi connectivity index (χ2n) is 3.41. The highest BCUT2D eigenvalue weighted by atomic mass is 16.5. The fourth-order valence-electron chi connectivity index (χ4n) is 1.13. The first kappa shape index (κ1) is 12.1. The summed E-state index contributed by atoms with van der Waals surface area (Å²) < 4.78 is 10.3. The van der Waals surface area contributed by atoms with Crippen molar-refractivity contribution in [2.75, 3.05) is 13.7 Å². The molecule has 0 saturated heterocycles. The number of aromatic carboxylic acids is 1. The van der Waals surface area contributed by atoms with Gasteiger partial charge < -0.3 is 14.6 Å². The average Bonchev–Trinajstić information content (AvgIpc) is 2.25. The maximum atomic E-state index is 11.0. The fraction of sp³-hybridized carbons (Fsp3) is 0.250. The van der Waals surface area contributed by atoms with Crippen LogP contribution in [0, 0.1) is 0 Å². The van der Waals surface area contributed by atoms with Crippen molar-refractivity contribution in [2.24, 2.45) is 0 Å². The van der Waals surface area contributed by atoms with Crippen LogP contribution in [-0.4, -0.2) is 24.8 Å². The molecule has 0 aliphatic heterocycles. The Kier molecular flexibility index (Phi) is 3.94. The van der Waals surface area contributed by atoms with Crippen molar-refractivity contribution >= 4 is 5.97 Å². The summed E-state index contributed by atoms with van der Waals surface area (Å²) in [5.41, 5.74) is 0.910. The van der Waals surface area contributed by atoms with Gasteiger partial charge in [-0.1, -0.05) is 6.58 Å². The zero-order valence-corrected chi connectivity index (χ0v) is 9.32. The first-order valence-electron chi connectivity index (χ1n) is 4.73. The van der Waals surface area contributed by atoms with Gasteiger partial charge in [0.1, 0.15) is 23.7 Å². The van der Waals surface area contributed by atoms with Gasteiger partial charge in [0.05, 0.1) is 7.11 Å². The number of carboxylic acid groups (broad SMARTS) is 1. The van der Waals surface area contributed by atoms with Gasteiger partial charge in [-0.15, -0.1) is 0 Å². The van der Waals surface area contributed by atoms with Crippen LogP contribution in [0.15, 0.2) is 30.4 Å². The quantitative estimate of drug-likeness (QED) is 0.777. The summed E-state index contributed by atoms with van der Waals surface area (Å²) in [6.07, 6.45) is 0. The number of carboxylic acids is 1. The van der Waals surface area contributed by atoms with E-state index >= 15 is 0 Å². The zero-order valence-electron chi connectivity index (χ0n) is 9.32. The third-order valence-corrected chi connectivity index (χ3v) is 1.89. The predicted octanol–water partition coefficient (Wildman–Crippen LogP) is 2.35. The number of hydrogen-bond acceptors (Lipinski definition) is 3. The lowest BCUT2D eigenvalue weighted by Gasteiger charge is -2.10. The molecule has 0 unspecified atom stereocenters. The number of carbonyl (C=O) groups is 1. The summed E-state index contributed by atoms with van der Waals surface area (Å²) in [4.78, 5) is 11.0. The van der Waals surface area contributed by atoms with Crippen LogP contribution in [0.1, 0.15) is 17.3 Å². The SMILES string of the molecule is C=C(C)COc1ccc(OC)cc1C(=O)O. The first-order valence-corrected chi connectivity index (χ1v) is 4.73. The Morgan fingerprint density at radius 1 is 1.50 bits per heavy atom. The lowest BCUT2D eigenvalue weighted by molar-refractivity contribution is 0.0692. The van der Waals surface area contributed by atoms with Crippen molar-refractivity contribution in [2.45, 2.75) is 6.92 Å². The zero-order chi connectivity index (χ0) is 12.1. The van der Waals surface area contributed by atoms with Gasteiger partial charge in [0, 0.05) is 0 Å². The van der Waals surface area contributed by atoms with Crippen molar-refractivity contribution in [3.8, 4) is 11.5 Å². The predicted molar refractivity (Wildman–Crippen MR) is 60.3 cm³/mol. The molecular weight excluding hydrogens is 208 g/mol. The van der Waals surface area contributed by atoms with Crippen LogP contribution in [0.5, 0.6) is 11.5 Å². The lowest BCUT2D eigenvalue weighted by atomic mass is 10.2. The van der Waals surface area contributed by atoms with Gasteiger partial charge in [-0.05, 0) is 30.7 Å². The molecule has 16 heavy (non-hydrogen) atoms. The molecule has 0 amide bonds. The van der Waals surface area contributed by atoms with E-state index in [4.69, 9.17) is 14.6 Å². The summed E-state index contributed by atoms with van der Waals surface area (Å²) in [6, 6.07) is 4.65. The molecular formula is C12H14O4. The molecule has 0 bridgehead atoms. The van der Waals surface area contributed by atoms with E-state index < -0.39 is 5.97 Å². The molecule has 86 valence electrons. The van der Waals surface area contributed by atoms with Gasteiger partial charge in [-0.25, -0.2) is 4.79 Å². The van der Waals surface area contributed by atoms with Gasteiger partial charge in [0.25, 0.3) is 0 Å². The summed E-state index contributed by atoms with van der Waals surface area (Å²) in [5.74, 6) is -0.244. The smallest absolute Gasteiger partial charge is 0.339 e. The third kappa shape index (κ3) is 3.02. The number of ether oxygens (including phenoxy) is 2. The Morgan fingerprint density at radius 3 is 2.69 bits per heavy atom. The Labute approximate surface area is 94.1 Å². The van der Waals surface area contributed by atoms with E-state index in [9.17, 15) is 4.79 Å². The molecule has 0 aliphatic rings. The average molecular weight is 222 g/mol. The Bertz CT molecular complexity index is 409. The molecule has 0 fully saturated rings. The number of rotatable bonds is 5. The van der Waals surface area contributed by atoms with Crippen LogP contribution in [-0.2, 0) is 0 Å². The van der Waals surface area contributed by atoms with E-state index in [2.05, 4.69) is 6.58 Å². The third-order valence-electron chi connectivity index (χ3n) is 1.89. The van der Waals surface area contributed by atoms with E-state index in [1.54, 1.807) is 12.1 Å². The second kappa shape index (κ2) is 5.21. The largest absolute Gasteiger partial charge is 0.497 e. The topological polar surface area (TPSA) is 55.8 Å². The fourth-order valence-corrected chi connectivity index (χ4v) is 1.13. The van der Waals surface area contributed by atoms with Crippen molar-refractivity contribution in [3.63, 3.8) is 0 Å². The molecule has 4 heteroatoms. The highest BCUT2D eigenvalue weighted by Gasteiger charge is 2.12. The Hall–Kier alpha value is -1.97. The molecule has 4 nitrogen and oxygen atoms in total. The molecule has 0 spiro atoms. The van der Waals surface area contributed by atoms with E-state index in [0.29, 0.717) is 18.1 Å². The van der Waals surface area contributed by atoms with E-state index in [-0.39, 0.29) is 5.56 Å². The first-order chi connectivity index (χ1) is 7.54. The van der Waals surface area contributed by atoms with Gasteiger partial charge in [-0.2, -0.15) is 0 Å². The molecule has 1 aromatic rings. The summed E-state index contributed by atoms with van der Waals surface area (Å²) >= 11 is 0. The standard InChI is InChI=1S/C12H14O4/c1-8(2)7-16-11-5-4-9(15-3)6-10(11)12(13)14/h4-6H,1,7H2,2-3H3,(H,13,14). The summed E-state index contributed by atoms with van der Waals surface area (Å²) in [7, 11) is 1.48. The Balaban J connectivity index is 2.98. The van der Waals surface area contributed by atoms with Crippen LogP contribution < -0.4 is 9.47 Å². The molecule has 0 atom stereocenters. The minimum Gasteiger partial charge on any atom is -0.497 e. The highest BCUT2D eigenvalue weighted by Crippen LogP contribution is 2.24. The lowest BCUT2D eigenvalue weighted by Crippen LogP contribution is -2.05. The highest BCUT2D eigenvalue weighted by molar-refractivity contribution is 5.91. The Morgan fingerprint density at radius 2 is 2.19 bits per heavy atom. The van der Waals surface area contributed by atoms with Crippen molar-refractivity contribution in [1.29, 1.82) is 0 Å². The number of benzene rings is 1. The maximum absolute atomic E-state index is 11.0. The maximum Gasteiger partial charge on any atom is 0.339 e. The van der Waals surface area contributed by atoms with Crippen LogP contribution in [0.2, 0.25) is 0 Å². The molecule has 1 aromatic carbocycles. The number of methoxy groups -OCH3 is 1. The molecule has 0 radical (unpaired) electrons. The van der Waals surface area contributed by atoms with Gasteiger partial charge in [0.2, 0.25) is 0 Å². The normalized spacial score (nSPS) is 9.62. The van der Waals surface area contributed by atoms with E-state index in [1.165, 1.54) is 13.2 Å². The molecule has 1 N–H and O–H groups in total. The van der Waals surface area contributed by atoms with Crippen molar-refractivity contribution in [1.82, 2.24) is 0 Å². The van der Waals surface area contributed by atoms with E-state index in [1.807, 2.05) is 6.92 Å². The summed E-state index contributed by atoms with van der Waals surface area (Å²) in [5, 5.41) is 8.99. The van der Waals surface area contributed by atoms with Gasteiger partial charge in [-0.3, -0.25) is 0 Å². The molecule has 0 aromatic heterocycles. The molecule has 0 heterocycles. The summed E-state index contributed by atoms with van der Waals surface area (Å²) in [6.45, 7) is 5.79. The minimum absolute atomic E-state index is 0.0839. The number of hydrogen-bond donors (Lipinski definition) is 1. The van der Waals surface area contributed by atoms with Crippen molar-refractivity contribution < 1.29 is 19.4 Å². The van der Waals surface area contributed by atoms with Crippen LogP contribution in [0.25, 0.3) is 0 Å². The van der Waals surface area contributed by atoms with Crippen LogP contribution in [0.4, 0.5) is 0 Å².